The molecule has 1 atom stereocenters. The summed E-state index contributed by atoms with van der Waals surface area (Å²) in [5.74, 6) is 0. The van der Waals surface area contributed by atoms with Gasteiger partial charge in [-0.3, -0.25) is 4.98 Å². The first-order valence-corrected chi connectivity index (χ1v) is 8.04. The molecule has 0 aliphatic carbocycles. The number of hydrogen-bond acceptors (Lipinski definition) is 4. The van der Waals surface area contributed by atoms with Gasteiger partial charge in [0.1, 0.15) is 6.04 Å². The first-order chi connectivity index (χ1) is 10.9. The van der Waals surface area contributed by atoms with E-state index in [2.05, 4.69) is 15.2 Å². The van der Waals surface area contributed by atoms with Gasteiger partial charge in [-0.15, -0.1) is 0 Å². The van der Waals surface area contributed by atoms with Gasteiger partial charge in [-0.25, -0.2) is 0 Å². The largest absolute Gasteiger partial charge is 0.404 e. The van der Waals surface area contributed by atoms with Crippen LogP contribution in [0.2, 0.25) is 0 Å². The lowest BCUT2D eigenvalue weighted by molar-refractivity contribution is -0.155. The van der Waals surface area contributed by atoms with E-state index in [9.17, 15) is 18.3 Å². The number of nitrogens with one attached hydrogen (secondary N) is 1. The maximum absolute atomic E-state index is 13.1. The molecule has 2 rings (SSSR count). The summed E-state index contributed by atoms with van der Waals surface area (Å²) in [5.41, 5.74) is 0.625. The molecule has 4 nitrogen and oxygen atoms in total. The molecule has 0 saturated carbocycles. The lowest BCUT2D eigenvalue weighted by atomic mass is 10.1. The van der Waals surface area contributed by atoms with Gasteiger partial charge >= 0.3 is 6.18 Å². The Morgan fingerprint density at radius 2 is 1.91 bits per heavy atom. The third kappa shape index (κ3) is 6.45. The quantitative estimate of drug-likeness (QED) is 0.750. The summed E-state index contributed by atoms with van der Waals surface area (Å²) in [4.78, 5) is 6.02. The fraction of sp³-hybridized carbons (Fsp3) is 0.688. The van der Waals surface area contributed by atoms with Crippen LogP contribution < -0.4 is 5.32 Å². The van der Waals surface area contributed by atoms with Crippen molar-refractivity contribution in [3.8, 4) is 0 Å². The van der Waals surface area contributed by atoms with Gasteiger partial charge in [0.15, 0.2) is 0 Å². The summed E-state index contributed by atoms with van der Waals surface area (Å²) >= 11 is 0. The van der Waals surface area contributed by atoms with E-state index in [4.69, 9.17) is 0 Å². The molecule has 130 valence electrons. The number of nitrogens with zero attached hydrogens (tertiary/aromatic N) is 2. The minimum absolute atomic E-state index is 0.0814. The number of piperidine rings is 1. The molecule has 1 aromatic rings. The number of hydrogen-bond donors (Lipinski definition) is 2. The number of aromatic nitrogens is 1. The molecule has 0 radical (unpaired) electrons. The Morgan fingerprint density at radius 3 is 2.52 bits per heavy atom. The summed E-state index contributed by atoms with van der Waals surface area (Å²) in [6.45, 7) is 2.73. The van der Waals surface area contributed by atoms with Gasteiger partial charge in [-0.2, -0.15) is 13.2 Å². The number of alkyl halides is 3. The molecule has 1 unspecified atom stereocenters. The molecule has 1 aliphatic heterocycles. The summed E-state index contributed by atoms with van der Waals surface area (Å²) in [6, 6.07) is 1.69. The minimum Gasteiger partial charge on any atom is -0.393 e. The number of aliphatic hydroxyl groups is 1. The highest BCUT2D eigenvalue weighted by Gasteiger charge is 2.39. The lowest BCUT2D eigenvalue weighted by Gasteiger charge is -2.29. The molecule has 2 N–H and O–H groups in total. The number of aliphatic hydroxyl groups excluding tert-OH is 1. The second-order valence-electron chi connectivity index (χ2n) is 6.03. The fourth-order valence-electron chi connectivity index (χ4n) is 2.78. The van der Waals surface area contributed by atoms with Crippen LogP contribution in [0.3, 0.4) is 0 Å². The molecule has 2 heterocycles. The van der Waals surface area contributed by atoms with Crippen LogP contribution in [0.1, 0.15) is 24.8 Å². The van der Waals surface area contributed by atoms with Crippen molar-refractivity contribution in [3.05, 3.63) is 30.1 Å². The van der Waals surface area contributed by atoms with Crippen LogP contribution in [0, 0.1) is 0 Å². The lowest BCUT2D eigenvalue weighted by Crippen LogP contribution is -2.45. The van der Waals surface area contributed by atoms with E-state index >= 15 is 0 Å². The van der Waals surface area contributed by atoms with Gasteiger partial charge < -0.3 is 15.3 Å². The van der Waals surface area contributed by atoms with E-state index < -0.39 is 12.2 Å². The van der Waals surface area contributed by atoms with Crippen molar-refractivity contribution in [1.29, 1.82) is 0 Å². The zero-order chi connectivity index (χ0) is 16.7. The zero-order valence-electron chi connectivity index (χ0n) is 13.1. The number of pyridine rings is 1. The fourth-order valence-corrected chi connectivity index (χ4v) is 2.78. The molecule has 0 spiro atoms. The highest BCUT2D eigenvalue weighted by atomic mass is 19.4. The van der Waals surface area contributed by atoms with Crippen LogP contribution in [-0.2, 0) is 6.42 Å². The van der Waals surface area contributed by atoms with Crippen LogP contribution >= 0.6 is 0 Å². The van der Waals surface area contributed by atoms with Gasteiger partial charge in [-0.1, -0.05) is 0 Å². The summed E-state index contributed by atoms with van der Waals surface area (Å²) in [5, 5.41) is 12.1. The molecule has 1 fully saturated rings. The van der Waals surface area contributed by atoms with Crippen molar-refractivity contribution < 1.29 is 18.3 Å². The van der Waals surface area contributed by atoms with Crippen molar-refractivity contribution in [2.45, 2.75) is 44.0 Å². The molecule has 23 heavy (non-hydrogen) atoms. The van der Waals surface area contributed by atoms with E-state index in [1.807, 2.05) is 0 Å². The van der Waals surface area contributed by atoms with Crippen LogP contribution in [0.4, 0.5) is 13.2 Å². The molecular weight excluding hydrogens is 307 g/mol. The predicted molar refractivity (Wildman–Crippen MR) is 82.1 cm³/mol. The van der Waals surface area contributed by atoms with E-state index in [0.29, 0.717) is 18.5 Å². The van der Waals surface area contributed by atoms with Crippen molar-refractivity contribution in [2.24, 2.45) is 0 Å². The molecule has 1 saturated heterocycles. The topological polar surface area (TPSA) is 48.4 Å². The molecule has 1 aliphatic rings. The van der Waals surface area contributed by atoms with Crippen LogP contribution in [-0.4, -0.2) is 59.5 Å². The number of rotatable bonds is 7. The average Bonchev–Trinajstić information content (AvgIpc) is 2.52. The SMILES string of the molecule is OC1CCN(CCCNC(Cc2ccncc2)C(F)(F)F)CC1. The van der Waals surface area contributed by atoms with Crippen LogP contribution in [0.15, 0.2) is 24.5 Å². The van der Waals surface area contributed by atoms with E-state index in [-0.39, 0.29) is 12.5 Å². The average molecular weight is 331 g/mol. The van der Waals surface area contributed by atoms with Crippen LogP contribution in [0.5, 0.6) is 0 Å². The van der Waals surface area contributed by atoms with Crippen molar-refractivity contribution >= 4 is 0 Å². The molecular formula is C16H24F3N3O. The Labute approximate surface area is 134 Å². The minimum atomic E-state index is -4.27. The molecule has 0 bridgehead atoms. The maximum Gasteiger partial charge on any atom is 0.404 e. The third-order valence-corrected chi connectivity index (χ3v) is 4.18. The van der Waals surface area contributed by atoms with Gasteiger partial charge in [0.05, 0.1) is 6.10 Å². The Hall–Kier alpha value is -1.18. The zero-order valence-corrected chi connectivity index (χ0v) is 13.1. The Morgan fingerprint density at radius 1 is 1.26 bits per heavy atom. The Bertz CT molecular complexity index is 448. The maximum atomic E-state index is 13.1. The van der Waals surface area contributed by atoms with Crippen molar-refractivity contribution in [2.75, 3.05) is 26.2 Å². The highest BCUT2D eigenvalue weighted by Crippen LogP contribution is 2.23. The third-order valence-electron chi connectivity index (χ3n) is 4.18. The molecule has 0 amide bonds. The molecule has 7 heteroatoms. The van der Waals surface area contributed by atoms with Gasteiger partial charge in [0.2, 0.25) is 0 Å². The normalized spacial score (nSPS) is 19.0. The van der Waals surface area contributed by atoms with E-state index in [0.717, 1.165) is 32.5 Å². The Balaban J connectivity index is 1.73. The molecule has 0 aromatic carbocycles. The van der Waals surface area contributed by atoms with Crippen molar-refractivity contribution in [3.63, 3.8) is 0 Å². The summed E-state index contributed by atoms with van der Waals surface area (Å²) in [6.07, 6.45) is 0.612. The van der Waals surface area contributed by atoms with Gasteiger partial charge in [0.25, 0.3) is 0 Å². The van der Waals surface area contributed by atoms with Gasteiger partial charge in [-0.05, 0) is 56.5 Å². The smallest absolute Gasteiger partial charge is 0.393 e. The predicted octanol–water partition coefficient (Wildman–Crippen LogP) is 1.99. The highest BCUT2D eigenvalue weighted by molar-refractivity contribution is 5.12. The molecule has 1 aromatic heterocycles. The monoisotopic (exact) mass is 331 g/mol. The second-order valence-corrected chi connectivity index (χ2v) is 6.03. The first kappa shape index (κ1) is 18.2. The Kier molecular flexibility index (Phi) is 6.80. The van der Waals surface area contributed by atoms with E-state index in [1.165, 1.54) is 12.4 Å². The van der Waals surface area contributed by atoms with Crippen LogP contribution in [0.25, 0.3) is 0 Å². The number of likely N-dealkylation sites (tertiary alicyclic amines) is 1. The standard InChI is InChI=1S/C16H24F3N3O/c17-16(18,19)15(12-13-2-7-20-8-3-13)21-6-1-9-22-10-4-14(23)5-11-22/h2-3,7-8,14-15,21,23H,1,4-6,9-12H2. The summed E-state index contributed by atoms with van der Waals surface area (Å²) < 4.78 is 39.3. The first-order valence-electron chi connectivity index (χ1n) is 8.04. The second kappa shape index (κ2) is 8.61. The van der Waals surface area contributed by atoms with E-state index in [1.54, 1.807) is 12.1 Å². The number of halogens is 3. The summed E-state index contributed by atoms with van der Waals surface area (Å²) in [7, 11) is 0. The van der Waals surface area contributed by atoms with Crippen molar-refractivity contribution in [1.82, 2.24) is 15.2 Å². The van der Waals surface area contributed by atoms with Gasteiger partial charge in [0, 0.05) is 25.5 Å².